The summed E-state index contributed by atoms with van der Waals surface area (Å²) in [6.45, 7) is 9.10. The molecule has 0 saturated carbocycles. The van der Waals surface area contributed by atoms with Crippen molar-refractivity contribution in [2.24, 2.45) is 5.92 Å². The van der Waals surface area contributed by atoms with Crippen molar-refractivity contribution in [2.75, 3.05) is 39.3 Å². The van der Waals surface area contributed by atoms with E-state index in [4.69, 9.17) is 0 Å². The average molecular weight is 214 g/mol. The van der Waals surface area contributed by atoms with Gasteiger partial charge in [0.1, 0.15) is 6.17 Å². The van der Waals surface area contributed by atoms with E-state index in [2.05, 4.69) is 16.7 Å². The van der Waals surface area contributed by atoms with Gasteiger partial charge in [0.15, 0.2) is 0 Å². The van der Waals surface area contributed by atoms with E-state index in [9.17, 15) is 4.39 Å². The maximum absolute atomic E-state index is 12.9. The molecule has 2 fully saturated rings. The van der Waals surface area contributed by atoms with Crippen LogP contribution in [0.2, 0.25) is 0 Å². The van der Waals surface area contributed by atoms with Gasteiger partial charge in [-0.25, -0.2) is 4.39 Å². The third-order valence-corrected chi connectivity index (χ3v) is 3.76. The number of hydrogen-bond acceptors (Lipinski definition) is 2. The summed E-state index contributed by atoms with van der Waals surface area (Å²) in [6.07, 6.45) is 2.31. The Kier molecular flexibility index (Phi) is 3.98. The van der Waals surface area contributed by atoms with Crippen LogP contribution >= 0.6 is 0 Å². The van der Waals surface area contributed by atoms with E-state index in [-0.39, 0.29) is 0 Å². The predicted molar refractivity (Wildman–Crippen MR) is 60.8 cm³/mol. The van der Waals surface area contributed by atoms with Gasteiger partial charge >= 0.3 is 0 Å². The van der Waals surface area contributed by atoms with Crippen molar-refractivity contribution < 1.29 is 4.39 Å². The van der Waals surface area contributed by atoms with Crippen molar-refractivity contribution in [3.8, 4) is 0 Å². The fourth-order valence-electron chi connectivity index (χ4n) is 2.64. The zero-order valence-electron chi connectivity index (χ0n) is 9.79. The summed E-state index contributed by atoms with van der Waals surface area (Å²) in [5.74, 6) is 0.876. The van der Waals surface area contributed by atoms with Gasteiger partial charge in [-0.3, -0.25) is 0 Å². The van der Waals surface area contributed by atoms with E-state index < -0.39 is 6.17 Å². The minimum atomic E-state index is -0.534. The molecule has 0 spiro atoms. The van der Waals surface area contributed by atoms with Crippen LogP contribution in [0, 0.1) is 5.92 Å². The molecule has 0 aliphatic carbocycles. The molecule has 2 heterocycles. The van der Waals surface area contributed by atoms with Crippen LogP contribution < -0.4 is 0 Å². The van der Waals surface area contributed by atoms with E-state index in [0.29, 0.717) is 0 Å². The van der Waals surface area contributed by atoms with Gasteiger partial charge < -0.3 is 9.80 Å². The first-order valence-electron chi connectivity index (χ1n) is 6.33. The monoisotopic (exact) mass is 214 g/mol. The first-order valence-corrected chi connectivity index (χ1v) is 6.33. The van der Waals surface area contributed by atoms with Crippen LogP contribution in [-0.4, -0.2) is 55.2 Å². The quantitative estimate of drug-likeness (QED) is 0.706. The van der Waals surface area contributed by atoms with Crippen molar-refractivity contribution >= 4 is 0 Å². The Hall–Kier alpha value is -0.150. The van der Waals surface area contributed by atoms with Crippen LogP contribution in [0.25, 0.3) is 0 Å². The largest absolute Gasteiger partial charge is 0.302 e. The Bertz CT molecular complexity index is 190. The normalized spacial score (nSPS) is 31.2. The second-order valence-corrected chi connectivity index (χ2v) is 5.21. The Balaban J connectivity index is 1.61. The van der Waals surface area contributed by atoms with Crippen molar-refractivity contribution in [1.29, 1.82) is 0 Å². The van der Waals surface area contributed by atoms with Crippen molar-refractivity contribution in [3.63, 3.8) is 0 Å². The first-order chi connectivity index (χ1) is 7.24. The fourth-order valence-corrected chi connectivity index (χ4v) is 2.64. The molecule has 0 aromatic heterocycles. The molecule has 0 unspecified atom stereocenters. The lowest BCUT2D eigenvalue weighted by Gasteiger charge is -2.30. The van der Waals surface area contributed by atoms with E-state index in [1.54, 1.807) is 0 Å². The highest BCUT2D eigenvalue weighted by Gasteiger charge is 2.21. The highest BCUT2D eigenvalue weighted by molar-refractivity contribution is 4.76. The van der Waals surface area contributed by atoms with Crippen molar-refractivity contribution in [1.82, 2.24) is 9.80 Å². The van der Waals surface area contributed by atoms with E-state index >= 15 is 0 Å². The first kappa shape index (κ1) is 11.3. The molecule has 0 radical (unpaired) electrons. The molecule has 0 aromatic carbocycles. The van der Waals surface area contributed by atoms with Gasteiger partial charge in [-0.2, -0.15) is 0 Å². The molecular weight excluding hydrogens is 191 g/mol. The van der Waals surface area contributed by atoms with Crippen LogP contribution in [0.3, 0.4) is 0 Å². The SMILES string of the molecule is C[C@@H]1CCN(CCN2CCC(F)CC2)C1. The summed E-state index contributed by atoms with van der Waals surface area (Å²) in [7, 11) is 0. The third-order valence-electron chi connectivity index (χ3n) is 3.76. The van der Waals surface area contributed by atoms with Gasteiger partial charge in [0.25, 0.3) is 0 Å². The van der Waals surface area contributed by atoms with E-state index in [1.807, 2.05) is 0 Å². The summed E-state index contributed by atoms with van der Waals surface area (Å²) in [5, 5.41) is 0. The molecule has 88 valence electrons. The Morgan fingerprint density at radius 1 is 1.00 bits per heavy atom. The highest BCUT2D eigenvalue weighted by Crippen LogP contribution is 2.16. The second-order valence-electron chi connectivity index (χ2n) is 5.21. The Morgan fingerprint density at radius 2 is 1.60 bits per heavy atom. The number of piperidine rings is 1. The molecule has 0 amide bonds. The van der Waals surface area contributed by atoms with Crippen LogP contribution in [-0.2, 0) is 0 Å². The molecule has 2 rings (SSSR count). The third kappa shape index (κ3) is 3.42. The van der Waals surface area contributed by atoms with Gasteiger partial charge in [-0.1, -0.05) is 6.92 Å². The summed E-state index contributed by atoms with van der Waals surface area (Å²) in [4.78, 5) is 4.96. The van der Waals surface area contributed by atoms with Gasteiger partial charge in [0, 0.05) is 32.7 Å². The molecule has 0 N–H and O–H groups in total. The highest BCUT2D eigenvalue weighted by atomic mass is 19.1. The van der Waals surface area contributed by atoms with Crippen LogP contribution in [0.15, 0.2) is 0 Å². The van der Waals surface area contributed by atoms with Crippen LogP contribution in [0.1, 0.15) is 26.2 Å². The summed E-state index contributed by atoms with van der Waals surface area (Å²) >= 11 is 0. The number of likely N-dealkylation sites (tertiary alicyclic amines) is 2. The molecule has 1 atom stereocenters. The standard InChI is InChI=1S/C12H23FN2/c1-11-2-5-15(10-11)9-8-14-6-3-12(13)4-7-14/h11-12H,2-10H2,1H3/t11-/m1/s1. The number of nitrogens with zero attached hydrogens (tertiary/aromatic N) is 2. The van der Waals surface area contributed by atoms with Gasteiger partial charge in [-0.05, 0) is 31.7 Å². The summed E-state index contributed by atoms with van der Waals surface area (Å²) in [6, 6.07) is 0. The number of halogens is 1. The Labute approximate surface area is 92.4 Å². The zero-order chi connectivity index (χ0) is 10.7. The number of hydrogen-bond donors (Lipinski definition) is 0. The maximum Gasteiger partial charge on any atom is 0.103 e. The molecule has 3 heteroatoms. The molecule has 2 aliphatic rings. The van der Waals surface area contributed by atoms with E-state index in [0.717, 1.165) is 38.4 Å². The molecule has 0 bridgehead atoms. The molecular formula is C12H23FN2. The van der Waals surface area contributed by atoms with Crippen LogP contribution in [0.5, 0.6) is 0 Å². The molecule has 2 saturated heterocycles. The topological polar surface area (TPSA) is 6.48 Å². The minimum absolute atomic E-state index is 0.534. The lowest BCUT2D eigenvalue weighted by molar-refractivity contribution is 0.138. The lowest BCUT2D eigenvalue weighted by atomic mass is 10.1. The number of rotatable bonds is 3. The molecule has 2 nitrogen and oxygen atoms in total. The van der Waals surface area contributed by atoms with Crippen LogP contribution in [0.4, 0.5) is 4.39 Å². The van der Waals surface area contributed by atoms with Crippen molar-refractivity contribution in [2.45, 2.75) is 32.4 Å². The lowest BCUT2D eigenvalue weighted by Crippen LogP contribution is -2.39. The summed E-state index contributed by atoms with van der Waals surface area (Å²) < 4.78 is 12.9. The molecule has 0 aromatic rings. The molecule has 2 aliphatic heterocycles. The second kappa shape index (κ2) is 5.26. The molecule has 15 heavy (non-hydrogen) atoms. The summed E-state index contributed by atoms with van der Waals surface area (Å²) in [5.41, 5.74) is 0. The van der Waals surface area contributed by atoms with Crippen molar-refractivity contribution in [3.05, 3.63) is 0 Å². The number of alkyl halides is 1. The van der Waals surface area contributed by atoms with Gasteiger partial charge in [-0.15, -0.1) is 0 Å². The van der Waals surface area contributed by atoms with E-state index in [1.165, 1.54) is 26.1 Å². The zero-order valence-corrected chi connectivity index (χ0v) is 9.79. The van der Waals surface area contributed by atoms with Gasteiger partial charge in [0.05, 0.1) is 0 Å². The fraction of sp³-hybridized carbons (Fsp3) is 1.00. The average Bonchev–Trinajstić information content (AvgIpc) is 2.64. The Morgan fingerprint density at radius 3 is 2.20 bits per heavy atom. The smallest absolute Gasteiger partial charge is 0.103 e. The predicted octanol–water partition coefficient (Wildman–Crippen LogP) is 1.76. The minimum Gasteiger partial charge on any atom is -0.302 e. The maximum atomic E-state index is 12.9. The van der Waals surface area contributed by atoms with Gasteiger partial charge in [0.2, 0.25) is 0 Å².